The van der Waals surface area contributed by atoms with E-state index < -0.39 is 42.5 Å². The molecule has 7 aromatic rings. The lowest BCUT2D eigenvalue weighted by Gasteiger charge is -2.34. The van der Waals surface area contributed by atoms with Crippen molar-refractivity contribution in [2.75, 3.05) is 52.4 Å². The molecule has 3 atom stereocenters. The van der Waals surface area contributed by atoms with Crippen LogP contribution in [0.15, 0.2) is 219 Å². The van der Waals surface area contributed by atoms with E-state index in [0.717, 1.165) is 149 Å². The highest BCUT2D eigenvalue weighted by atomic mass is 79.9. The maximum absolute atomic E-state index is 12.1. The van der Waals surface area contributed by atoms with Crippen molar-refractivity contribution >= 4 is 137 Å². The van der Waals surface area contributed by atoms with Crippen LogP contribution in [0.3, 0.4) is 0 Å². The van der Waals surface area contributed by atoms with Gasteiger partial charge in [0.25, 0.3) is 20.0 Å². The molecular formula is C93H119Br5N8O13S2. The first-order chi connectivity index (χ1) is 56.6. The van der Waals surface area contributed by atoms with Gasteiger partial charge < -0.3 is 38.5 Å². The SMILES string of the molecule is C=C1CCN(C(=O)OC(C)(C)C)CC1.CC(C)(C)OC(=O)N1CCC2(CC1)CC2c1ccc(Br)cc1.CC(C)(C)OC(=O)N1CCC2(CC1)C[C@@H]2c1ccc(Br)cc1.CC(C)(C)OC(=O)N1CCC2(CC1)C[C@H]2c1ccc(Br)cc1.Cc1ccc(S(=O)(=O)N/N=C/c2ccc(Br)cc2)cc1.Cc1ccc(S(=O)(=O)NN)cc1.O=Cc1ccc(Br)cc1. The summed E-state index contributed by atoms with van der Waals surface area (Å²) < 4.78 is 73.1. The number of rotatable bonds is 10. The Hall–Kier alpha value is -7.28. The molecule has 121 heavy (non-hydrogen) atoms. The van der Waals surface area contributed by atoms with Crippen LogP contribution in [0.2, 0.25) is 0 Å². The molecule has 4 saturated heterocycles. The van der Waals surface area contributed by atoms with E-state index in [1.165, 1.54) is 59.9 Å². The van der Waals surface area contributed by atoms with Gasteiger partial charge in [0.05, 0.1) is 16.0 Å². The molecule has 4 amide bonds. The monoisotopic (exact) mass is 2010 g/mol. The Morgan fingerprint density at radius 2 is 0.653 bits per heavy atom. The second-order valence-corrected chi connectivity index (χ2v) is 43.9. The number of nitrogens with one attached hydrogen (secondary N) is 2. The Bertz CT molecular complexity index is 4600. The molecule has 1 unspecified atom stereocenters. The average molecular weight is 2020 g/mol. The summed E-state index contributed by atoms with van der Waals surface area (Å²) in [5.74, 6) is 6.84. The Labute approximate surface area is 759 Å². The number of ether oxygens (including phenoxy) is 4. The third-order valence-electron chi connectivity index (χ3n) is 21.8. The van der Waals surface area contributed by atoms with Crippen LogP contribution in [0.5, 0.6) is 0 Å². The molecule has 3 aliphatic carbocycles. The van der Waals surface area contributed by atoms with Gasteiger partial charge >= 0.3 is 24.4 Å². The number of hydrogen-bond donors (Lipinski definition) is 3. The summed E-state index contributed by atoms with van der Waals surface area (Å²) in [7, 11) is -7.10. The third-order valence-corrected chi connectivity index (χ3v) is 26.9. The van der Waals surface area contributed by atoms with Gasteiger partial charge in [0, 0.05) is 80.3 Å². The van der Waals surface area contributed by atoms with E-state index in [4.69, 9.17) is 24.8 Å². The number of nitrogens with two attached hydrogens (primary N) is 1. The van der Waals surface area contributed by atoms with Gasteiger partial charge in [0.1, 0.15) is 28.7 Å². The number of aldehydes is 1. The zero-order valence-electron chi connectivity index (χ0n) is 72.0. The minimum atomic E-state index is -3.61. The molecule has 28 heteroatoms. The fourth-order valence-electron chi connectivity index (χ4n) is 14.7. The van der Waals surface area contributed by atoms with E-state index in [1.54, 1.807) is 58.3 Å². The molecule has 4 aliphatic heterocycles. The number of piperidine rings is 4. The highest BCUT2D eigenvalue weighted by molar-refractivity contribution is 9.11. The number of halogens is 5. The van der Waals surface area contributed by atoms with Crippen molar-refractivity contribution in [3.05, 3.63) is 243 Å². The van der Waals surface area contributed by atoms with E-state index in [0.29, 0.717) is 39.6 Å². The van der Waals surface area contributed by atoms with Gasteiger partial charge in [-0.1, -0.05) is 188 Å². The number of aryl methyl sites for hydroxylation is 2. The van der Waals surface area contributed by atoms with E-state index >= 15 is 0 Å². The predicted molar refractivity (Wildman–Crippen MR) is 498 cm³/mol. The van der Waals surface area contributed by atoms with Crippen LogP contribution >= 0.6 is 79.6 Å². The van der Waals surface area contributed by atoms with Gasteiger partial charge in [-0.3, -0.25) is 10.6 Å². The first-order valence-corrected chi connectivity index (χ1v) is 47.8. The van der Waals surface area contributed by atoms with Gasteiger partial charge in [-0.25, -0.2) is 32.4 Å². The summed E-state index contributed by atoms with van der Waals surface area (Å²) in [6.45, 7) is 37.0. The average Bonchev–Trinajstić information content (AvgIpc) is 1.59. The minimum Gasteiger partial charge on any atom is -0.444 e. The van der Waals surface area contributed by atoms with Crippen LogP contribution in [-0.2, 0) is 39.0 Å². The molecule has 3 spiro atoms. The van der Waals surface area contributed by atoms with Crippen molar-refractivity contribution in [1.29, 1.82) is 0 Å². The van der Waals surface area contributed by atoms with Crippen LogP contribution < -0.4 is 15.5 Å². The predicted octanol–water partition coefficient (Wildman–Crippen LogP) is 22.9. The molecule has 4 N–H and O–H groups in total. The Balaban J connectivity index is 0.000000179. The number of carbonyl (C=O) groups excluding carboxylic acids is 5. The smallest absolute Gasteiger partial charge is 0.410 e. The number of hydrazine groups is 1. The number of nitrogens with zero attached hydrogens (tertiary/aromatic N) is 5. The Morgan fingerprint density at radius 1 is 0.405 bits per heavy atom. The van der Waals surface area contributed by atoms with Crippen LogP contribution in [0, 0.1) is 30.1 Å². The molecule has 7 aliphatic rings. The van der Waals surface area contributed by atoms with Crippen molar-refractivity contribution in [1.82, 2.24) is 29.3 Å². The summed E-state index contributed by atoms with van der Waals surface area (Å²) in [5.41, 5.74) is 8.70. The maximum atomic E-state index is 12.1. The van der Waals surface area contributed by atoms with Crippen LogP contribution in [0.1, 0.15) is 215 Å². The molecular weight excluding hydrogens is 1900 g/mol. The molecule has 0 radical (unpaired) electrons. The molecule has 14 rings (SSSR count). The fourth-order valence-corrected chi connectivity index (χ4v) is 17.5. The molecule has 21 nitrogen and oxygen atoms in total. The molecule has 0 bridgehead atoms. The van der Waals surface area contributed by atoms with E-state index in [2.05, 4.69) is 169 Å². The highest BCUT2D eigenvalue weighted by Crippen LogP contribution is 2.67. The normalized spacial score (nSPS) is 18.6. The van der Waals surface area contributed by atoms with E-state index in [9.17, 15) is 40.8 Å². The first-order valence-electron chi connectivity index (χ1n) is 40.8. The number of benzene rings is 7. The molecule has 656 valence electrons. The summed E-state index contributed by atoms with van der Waals surface area (Å²) in [5, 5.41) is 3.76. The fraction of sp³-hybridized carbons (Fsp3) is 0.462. The van der Waals surface area contributed by atoms with E-state index in [-0.39, 0.29) is 34.2 Å². The van der Waals surface area contributed by atoms with Crippen molar-refractivity contribution in [2.45, 2.75) is 218 Å². The van der Waals surface area contributed by atoms with Gasteiger partial charge in [-0.2, -0.15) is 18.4 Å². The van der Waals surface area contributed by atoms with Crippen molar-refractivity contribution in [3.8, 4) is 0 Å². The number of carbonyl (C=O) groups is 5. The molecule has 4 heterocycles. The first kappa shape index (κ1) is 99.1. The third kappa shape index (κ3) is 32.0. The maximum Gasteiger partial charge on any atom is 0.410 e. The number of likely N-dealkylation sites (tertiary alicyclic amines) is 4. The quantitative estimate of drug-likeness (QED) is 0.0287. The lowest BCUT2D eigenvalue weighted by atomic mass is 9.89. The summed E-state index contributed by atoms with van der Waals surface area (Å²) >= 11 is 17.1. The second-order valence-electron chi connectivity index (χ2n) is 36.0. The zero-order chi connectivity index (χ0) is 89.1. The van der Waals surface area contributed by atoms with Crippen molar-refractivity contribution in [2.24, 2.45) is 27.2 Å². The largest absolute Gasteiger partial charge is 0.444 e. The highest BCUT2D eigenvalue weighted by Gasteiger charge is 2.58. The van der Waals surface area contributed by atoms with Gasteiger partial charge in [-0.15, -0.1) is 0 Å². The number of sulfonamides is 2. The number of hydrogen-bond acceptors (Lipinski definition) is 15. The lowest BCUT2D eigenvalue weighted by molar-refractivity contribution is 0.0159. The minimum absolute atomic E-state index is 0.164. The van der Waals surface area contributed by atoms with Crippen LogP contribution in [-0.4, -0.2) is 148 Å². The van der Waals surface area contributed by atoms with E-state index in [1.807, 2.05) is 148 Å². The van der Waals surface area contributed by atoms with Gasteiger partial charge in [-0.05, 0) is 309 Å². The summed E-state index contributed by atoms with van der Waals surface area (Å²) in [6.07, 6.45) is 13.7. The molecule has 3 saturated carbocycles. The summed E-state index contributed by atoms with van der Waals surface area (Å²) in [6, 6.07) is 53.7. The molecule has 7 fully saturated rings. The van der Waals surface area contributed by atoms with Crippen molar-refractivity contribution in [3.63, 3.8) is 0 Å². The number of hydrazone groups is 1. The Morgan fingerprint density at radius 3 is 0.909 bits per heavy atom. The topological polar surface area (TPSA) is 266 Å². The van der Waals surface area contributed by atoms with Gasteiger partial charge in [0.2, 0.25) is 0 Å². The Kier molecular flexibility index (Phi) is 35.3. The van der Waals surface area contributed by atoms with Crippen LogP contribution in [0.4, 0.5) is 19.2 Å². The molecule has 7 aromatic carbocycles. The van der Waals surface area contributed by atoms with Crippen LogP contribution in [0.25, 0.3) is 0 Å². The second kappa shape index (κ2) is 43.1. The number of amides is 4. The lowest BCUT2D eigenvalue weighted by Crippen LogP contribution is -2.42. The summed E-state index contributed by atoms with van der Waals surface area (Å²) in [4.78, 5) is 69.8. The standard InChI is InChI=1S/3C18H24BrNO2.C14H13BrN2O2S.C11H19NO2.C7H5BrO.C7H10N2O2S/c3*1-17(2,3)22-16(21)20-10-8-18(9-11-20)12-15(18)13-4-6-14(19)7-5-13;1-11-2-8-14(9-3-11)20(18,19)17-16-10-12-4-6-13(15)7-5-12;1-9-5-7-12(8-6-9)10(13)14-11(2,3)4;8-7-3-1-6(5-9)2-4-7;1-6-2-4-7(5-3-6)12(10,11)9-8/h3*4-7,15H,8-12H2,1-3H3;2-10,17H,1H3;1,5-8H2,2-4H3;1-5H;2-5,9H,8H2,1H3/b;;;16-10+;;;/t2*15-;;;;;/m10...../s1. The zero-order valence-corrected chi connectivity index (χ0v) is 81.6. The van der Waals surface area contributed by atoms with Crippen molar-refractivity contribution < 1.29 is 59.8 Å². The van der Waals surface area contributed by atoms with Gasteiger partial charge in [0.15, 0.2) is 0 Å². The molecule has 0 aromatic heterocycles.